The molecule has 5 rings (SSSR count). The van der Waals surface area contributed by atoms with Crippen LogP contribution in [0.15, 0.2) is 64.2 Å². The second-order valence-corrected chi connectivity index (χ2v) is 6.90. The standard InChI is InChI=1S/C21H19N3O3/c1-27-16-8-9-17-14(13-16)7-10-19-18(17)11-12-22-20(25)23(21(26)24(19)22)15-5-3-2-4-6-15/h2-6,8-9,11,13,19H,7,10,12H2,1H3. The van der Waals surface area contributed by atoms with Gasteiger partial charge in [0.15, 0.2) is 0 Å². The summed E-state index contributed by atoms with van der Waals surface area (Å²) in [7, 11) is 1.66. The fourth-order valence-electron chi connectivity index (χ4n) is 4.26. The van der Waals surface area contributed by atoms with Crippen molar-refractivity contribution in [2.75, 3.05) is 7.11 Å². The van der Waals surface area contributed by atoms with Gasteiger partial charge in [-0.3, -0.25) is 0 Å². The Kier molecular flexibility index (Phi) is 3.47. The smallest absolute Gasteiger partial charge is 0.352 e. The zero-order valence-corrected chi connectivity index (χ0v) is 15.0. The number of aryl methyl sites for hydroxylation is 1. The van der Waals surface area contributed by atoms with Crippen molar-refractivity contribution in [2.24, 2.45) is 0 Å². The molecule has 1 aromatic heterocycles. The summed E-state index contributed by atoms with van der Waals surface area (Å²) in [6.07, 6.45) is 3.70. The highest BCUT2D eigenvalue weighted by atomic mass is 16.5. The molecule has 0 amide bonds. The van der Waals surface area contributed by atoms with Gasteiger partial charge < -0.3 is 4.74 Å². The lowest BCUT2D eigenvalue weighted by molar-refractivity contribution is 0.387. The Bertz CT molecular complexity index is 1180. The predicted molar refractivity (Wildman–Crippen MR) is 103 cm³/mol. The van der Waals surface area contributed by atoms with Gasteiger partial charge >= 0.3 is 11.4 Å². The second kappa shape index (κ2) is 5.87. The number of allylic oxidation sites excluding steroid dienone is 2. The third kappa shape index (κ3) is 2.26. The number of methoxy groups -OCH3 is 1. The maximum atomic E-state index is 13.2. The van der Waals surface area contributed by atoms with E-state index in [-0.39, 0.29) is 17.4 Å². The van der Waals surface area contributed by atoms with Gasteiger partial charge in [0.05, 0.1) is 25.4 Å². The Morgan fingerprint density at radius 2 is 1.85 bits per heavy atom. The lowest BCUT2D eigenvalue weighted by Crippen LogP contribution is -2.36. The number of hydrogen-bond donors (Lipinski definition) is 0. The minimum Gasteiger partial charge on any atom is -0.497 e. The van der Waals surface area contributed by atoms with Gasteiger partial charge in [-0.05, 0) is 53.8 Å². The minimum absolute atomic E-state index is 0.121. The lowest BCUT2D eigenvalue weighted by Gasteiger charge is -2.32. The zero-order chi connectivity index (χ0) is 18.5. The van der Waals surface area contributed by atoms with Crippen molar-refractivity contribution in [3.05, 3.63) is 86.7 Å². The number of hydrogen-bond acceptors (Lipinski definition) is 3. The van der Waals surface area contributed by atoms with Crippen molar-refractivity contribution < 1.29 is 4.74 Å². The Morgan fingerprint density at radius 3 is 2.63 bits per heavy atom. The number of fused-ring (bicyclic) bond motifs is 5. The molecule has 6 heteroatoms. The summed E-state index contributed by atoms with van der Waals surface area (Å²) in [6, 6.07) is 15.0. The van der Waals surface area contributed by atoms with E-state index in [0.717, 1.165) is 29.7 Å². The molecule has 0 bridgehead atoms. The first-order valence-corrected chi connectivity index (χ1v) is 9.06. The van der Waals surface area contributed by atoms with Crippen molar-refractivity contribution in [3.8, 4) is 11.4 Å². The fourth-order valence-corrected chi connectivity index (χ4v) is 4.26. The summed E-state index contributed by atoms with van der Waals surface area (Å²) >= 11 is 0. The van der Waals surface area contributed by atoms with Crippen molar-refractivity contribution in [1.29, 1.82) is 0 Å². The van der Waals surface area contributed by atoms with Crippen molar-refractivity contribution in [2.45, 2.75) is 25.4 Å². The van der Waals surface area contributed by atoms with E-state index in [9.17, 15) is 9.59 Å². The van der Waals surface area contributed by atoms with E-state index in [1.165, 1.54) is 10.1 Å². The third-order valence-electron chi connectivity index (χ3n) is 5.52. The van der Waals surface area contributed by atoms with E-state index in [1.807, 2.05) is 24.3 Å². The number of rotatable bonds is 2. The molecule has 3 aromatic rings. The number of nitrogens with zero attached hydrogens (tertiary/aromatic N) is 3. The predicted octanol–water partition coefficient (Wildman–Crippen LogP) is 2.39. The molecule has 0 N–H and O–H groups in total. The SMILES string of the molecule is COc1ccc2c(c1)CCC1C2=CCn2c(=O)n(-c3ccccc3)c(=O)n21. The first kappa shape index (κ1) is 15.9. The van der Waals surface area contributed by atoms with Crippen LogP contribution in [0.3, 0.4) is 0 Å². The van der Waals surface area contributed by atoms with Gasteiger partial charge in [0.2, 0.25) is 0 Å². The molecule has 136 valence electrons. The van der Waals surface area contributed by atoms with Crippen LogP contribution in [-0.4, -0.2) is 21.0 Å². The molecule has 0 fully saturated rings. The molecule has 0 saturated heterocycles. The number of aromatic nitrogens is 3. The molecule has 1 atom stereocenters. The maximum Gasteiger partial charge on any atom is 0.352 e. The van der Waals surface area contributed by atoms with Crippen LogP contribution in [0.5, 0.6) is 5.75 Å². The average Bonchev–Trinajstić information content (AvgIpc) is 2.98. The van der Waals surface area contributed by atoms with Crippen LogP contribution in [-0.2, 0) is 13.0 Å². The molecule has 27 heavy (non-hydrogen) atoms. The average molecular weight is 361 g/mol. The maximum absolute atomic E-state index is 13.2. The van der Waals surface area contributed by atoms with E-state index >= 15 is 0 Å². The third-order valence-corrected chi connectivity index (χ3v) is 5.52. The molecule has 0 radical (unpaired) electrons. The van der Waals surface area contributed by atoms with Gasteiger partial charge in [-0.15, -0.1) is 0 Å². The summed E-state index contributed by atoms with van der Waals surface area (Å²) in [5.74, 6) is 0.841. The highest BCUT2D eigenvalue weighted by Crippen LogP contribution is 2.40. The molecule has 0 saturated carbocycles. The van der Waals surface area contributed by atoms with Crippen LogP contribution in [0.2, 0.25) is 0 Å². The highest BCUT2D eigenvalue weighted by molar-refractivity contribution is 5.74. The van der Waals surface area contributed by atoms with Gasteiger partial charge in [0.1, 0.15) is 5.75 Å². The van der Waals surface area contributed by atoms with Crippen LogP contribution >= 0.6 is 0 Å². The van der Waals surface area contributed by atoms with Crippen LogP contribution in [0, 0.1) is 0 Å². The molecular weight excluding hydrogens is 342 g/mol. The van der Waals surface area contributed by atoms with Crippen LogP contribution in [0.1, 0.15) is 23.6 Å². The van der Waals surface area contributed by atoms with E-state index < -0.39 is 0 Å². The molecule has 2 heterocycles. The van der Waals surface area contributed by atoms with Crippen molar-refractivity contribution in [3.63, 3.8) is 0 Å². The van der Waals surface area contributed by atoms with Gasteiger partial charge in [-0.1, -0.05) is 30.3 Å². The van der Waals surface area contributed by atoms with Gasteiger partial charge in [-0.25, -0.2) is 23.5 Å². The molecule has 2 aliphatic rings. The summed E-state index contributed by atoms with van der Waals surface area (Å²) in [5.41, 5.74) is 3.52. The zero-order valence-electron chi connectivity index (χ0n) is 15.0. The molecule has 2 aromatic carbocycles. The van der Waals surface area contributed by atoms with Crippen LogP contribution in [0.4, 0.5) is 0 Å². The van der Waals surface area contributed by atoms with Crippen LogP contribution in [0.25, 0.3) is 11.3 Å². The molecule has 1 aliphatic carbocycles. The van der Waals surface area contributed by atoms with Gasteiger partial charge in [0.25, 0.3) is 0 Å². The molecule has 1 aliphatic heterocycles. The van der Waals surface area contributed by atoms with Crippen molar-refractivity contribution >= 4 is 5.57 Å². The van der Waals surface area contributed by atoms with E-state index in [4.69, 9.17) is 4.74 Å². The Balaban J connectivity index is 1.66. The largest absolute Gasteiger partial charge is 0.497 e. The Labute approximate surface area is 155 Å². The van der Waals surface area contributed by atoms with Crippen molar-refractivity contribution in [1.82, 2.24) is 13.9 Å². The molecular formula is C21H19N3O3. The second-order valence-electron chi connectivity index (χ2n) is 6.90. The van der Waals surface area contributed by atoms with Gasteiger partial charge in [0, 0.05) is 0 Å². The van der Waals surface area contributed by atoms with E-state index in [0.29, 0.717) is 12.2 Å². The normalized spacial score (nSPS) is 17.5. The Morgan fingerprint density at radius 1 is 1.04 bits per heavy atom. The topological polar surface area (TPSA) is 58.2 Å². The highest BCUT2D eigenvalue weighted by Gasteiger charge is 2.33. The minimum atomic E-state index is -0.290. The van der Waals surface area contributed by atoms with E-state index in [2.05, 4.69) is 18.2 Å². The summed E-state index contributed by atoms with van der Waals surface area (Å²) in [6.45, 7) is 0.394. The molecule has 0 spiro atoms. The number of ether oxygens (including phenoxy) is 1. The molecule has 6 nitrogen and oxygen atoms in total. The summed E-state index contributed by atoms with van der Waals surface area (Å²) in [4.78, 5) is 26.1. The monoisotopic (exact) mass is 361 g/mol. The summed E-state index contributed by atoms with van der Waals surface area (Å²) in [5, 5.41) is 0. The quantitative estimate of drug-likeness (QED) is 0.704. The fraction of sp³-hybridized carbons (Fsp3) is 0.238. The lowest BCUT2D eigenvalue weighted by atomic mass is 9.83. The first-order valence-electron chi connectivity index (χ1n) is 9.06. The number of para-hydroxylation sites is 1. The Hall–Kier alpha value is -3.28. The number of benzene rings is 2. The van der Waals surface area contributed by atoms with Crippen LogP contribution < -0.4 is 16.1 Å². The van der Waals surface area contributed by atoms with Gasteiger partial charge in [-0.2, -0.15) is 0 Å². The van der Waals surface area contributed by atoms with E-state index in [1.54, 1.807) is 28.6 Å². The molecule has 1 unspecified atom stereocenters. The first-order chi connectivity index (χ1) is 13.2. The summed E-state index contributed by atoms with van der Waals surface area (Å²) < 4.78 is 9.79.